The number of hydrogen-bond donors (Lipinski definition) is 2. The Morgan fingerprint density at radius 2 is 1.08 bits per heavy atom. The number of aliphatic hydroxyl groups is 1. The van der Waals surface area contributed by atoms with Gasteiger partial charge in [0.2, 0.25) is 5.91 Å². The average molecular weight is 731 g/mol. The highest BCUT2D eigenvalue weighted by molar-refractivity contribution is 7.45. The zero-order valence-corrected chi connectivity index (χ0v) is 34.5. The largest absolute Gasteiger partial charge is 0.756 e. The highest BCUT2D eigenvalue weighted by Crippen LogP contribution is 2.38. The molecule has 0 aliphatic heterocycles. The third kappa shape index (κ3) is 35.6. The van der Waals surface area contributed by atoms with E-state index in [0.717, 1.165) is 38.5 Å². The van der Waals surface area contributed by atoms with Crippen molar-refractivity contribution < 1.29 is 32.9 Å². The Balaban J connectivity index is 4.44. The summed E-state index contributed by atoms with van der Waals surface area (Å²) >= 11 is 0. The normalized spacial score (nSPS) is 14.6. The molecular weight excluding hydrogens is 647 g/mol. The zero-order valence-electron chi connectivity index (χ0n) is 33.6. The third-order valence-electron chi connectivity index (χ3n) is 9.50. The molecule has 1 amide bonds. The lowest BCUT2D eigenvalue weighted by Gasteiger charge is -2.29. The van der Waals surface area contributed by atoms with E-state index in [9.17, 15) is 19.4 Å². The van der Waals surface area contributed by atoms with Crippen LogP contribution in [0.1, 0.15) is 194 Å². The fourth-order valence-corrected chi connectivity index (χ4v) is 6.82. The molecule has 0 aromatic rings. The van der Waals surface area contributed by atoms with E-state index in [1.165, 1.54) is 135 Å². The van der Waals surface area contributed by atoms with Gasteiger partial charge in [-0.2, -0.15) is 0 Å². The standard InChI is InChI=1S/C41H83N2O6P/c1-6-8-10-12-14-16-18-20-21-23-25-27-29-31-33-35-41(45)42-39(38-49-50(46,47)48-37-36-43(3,4)5)40(44)34-32-30-28-26-24-22-19-17-15-13-11-9-7-2/h32,34,39-40,44H,6-31,33,35-38H2,1-5H3,(H-,42,45,46,47)/b34-32+/t39-,40+/m0/s1. The number of carbonyl (C=O) groups excluding carboxylic acids is 1. The van der Waals surface area contributed by atoms with Crippen LogP contribution in [0.3, 0.4) is 0 Å². The summed E-state index contributed by atoms with van der Waals surface area (Å²) in [7, 11) is 1.27. The Labute approximate surface area is 310 Å². The summed E-state index contributed by atoms with van der Waals surface area (Å²) in [5, 5.41) is 13.7. The summed E-state index contributed by atoms with van der Waals surface area (Å²) in [6, 6.07) is -0.878. The summed E-state index contributed by atoms with van der Waals surface area (Å²) in [5.74, 6) is -0.196. The smallest absolute Gasteiger partial charge is 0.268 e. The fraction of sp³-hybridized carbons (Fsp3) is 0.927. The van der Waals surface area contributed by atoms with Crippen LogP contribution in [-0.2, 0) is 18.4 Å². The maximum atomic E-state index is 12.8. The van der Waals surface area contributed by atoms with Crippen molar-refractivity contribution in [3.63, 3.8) is 0 Å². The molecule has 8 nitrogen and oxygen atoms in total. The van der Waals surface area contributed by atoms with E-state index in [1.54, 1.807) is 6.08 Å². The van der Waals surface area contributed by atoms with E-state index in [0.29, 0.717) is 17.4 Å². The van der Waals surface area contributed by atoms with Crippen molar-refractivity contribution in [3.8, 4) is 0 Å². The topological polar surface area (TPSA) is 108 Å². The Bertz CT molecular complexity index is 834. The van der Waals surface area contributed by atoms with Crippen LogP contribution in [0.2, 0.25) is 0 Å². The van der Waals surface area contributed by atoms with E-state index in [2.05, 4.69) is 19.2 Å². The van der Waals surface area contributed by atoms with Crippen LogP contribution in [0.4, 0.5) is 0 Å². The van der Waals surface area contributed by atoms with E-state index in [1.807, 2.05) is 27.2 Å². The number of rotatable bonds is 38. The summed E-state index contributed by atoms with van der Waals surface area (Å²) in [5.41, 5.74) is 0. The van der Waals surface area contributed by atoms with Crippen LogP contribution in [0.15, 0.2) is 12.2 Å². The molecule has 0 rings (SSSR count). The summed E-state index contributed by atoms with van der Waals surface area (Å²) in [6.45, 7) is 4.64. The van der Waals surface area contributed by atoms with Gasteiger partial charge in [0, 0.05) is 6.42 Å². The van der Waals surface area contributed by atoms with Gasteiger partial charge in [0.1, 0.15) is 13.2 Å². The molecule has 0 fully saturated rings. The van der Waals surface area contributed by atoms with Gasteiger partial charge in [-0.25, -0.2) is 0 Å². The van der Waals surface area contributed by atoms with E-state index in [4.69, 9.17) is 9.05 Å². The van der Waals surface area contributed by atoms with Gasteiger partial charge >= 0.3 is 0 Å². The second kappa shape index (κ2) is 34.0. The minimum absolute atomic E-state index is 0.00190. The molecule has 298 valence electrons. The number of nitrogens with zero attached hydrogens (tertiary/aromatic N) is 1. The number of unbranched alkanes of at least 4 members (excludes halogenated alkanes) is 25. The van der Waals surface area contributed by atoms with Crippen molar-refractivity contribution in [1.29, 1.82) is 0 Å². The monoisotopic (exact) mass is 731 g/mol. The van der Waals surface area contributed by atoms with Crippen molar-refractivity contribution in [2.45, 2.75) is 206 Å². The summed E-state index contributed by atoms with van der Waals surface area (Å²) < 4.78 is 23.1. The molecule has 0 saturated heterocycles. The first-order chi connectivity index (χ1) is 24.0. The SMILES string of the molecule is CCCCCCCCCCCCC/C=C/[C@@H](O)[C@H](COP(=O)([O-])OCC[N+](C)(C)C)NC(=O)CCCCCCCCCCCCCCCCC. The predicted octanol–water partition coefficient (Wildman–Crippen LogP) is 10.6. The highest BCUT2D eigenvalue weighted by Gasteiger charge is 2.23. The molecule has 0 heterocycles. The van der Waals surface area contributed by atoms with Gasteiger partial charge < -0.3 is 28.8 Å². The van der Waals surface area contributed by atoms with E-state index in [-0.39, 0.29) is 19.1 Å². The van der Waals surface area contributed by atoms with E-state index < -0.39 is 20.0 Å². The molecule has 50 heavy (non-hydrogen) atoms. The molecule has 0 aliphatic carbocycles. The molecule has 0 aliphatic rings. The van der Waals surface area contributed by atoms with Gasteiger partial charge in [0.25, 0.3) is 7.82 Å². The molecular formula is C41H83N2O6P. The molecule has 3 atom stereocenters. The van der Waals surface area contributed by atoms with E-state index >= 15 is 0 Å². The number of quaternary nitrogens is 1. The van der Waals surface area contributed by atoms with Gasteiger partial charge in [-0.15, -0.1) is 0 Å². The van der Waals surface area contributed by atoms with Crippen molar-refractivity contribution in [3.05, 3.63) is 12.2 Å². The Morgan fingerprint density at radius 1 is 0.680 bits per heavy atom. The Kier molecular flexibility index (Phi) is 33.5. The number of nitrogens with one attached hydrogen (secondary N) is 1. The molecule has 0 radical (unpaired) electrons. The lowest BCUT2D eigenvalue weighted by atomic mass is 10.0. The molecule has 0 aromatic heterocycles. The second-order valence-electron chi connectivity index (χ2n) is 15.7. The molecule has 0 saturated carbocycles. The number of phosphoric ester groups is 1. The van der Waals surface area contributed by atoms with Gasteiger partial charge in [-0.3, -0.25) is 9.36 Å². The highest BCUT2D eigenvalue weighted by atomic mass is 31.2. The van der Waals surface area contributed by atoms with Crippen LogP contribution in [0.5, 0.6) is 0 Å². The number of carbonyl (C=O) groups is 1. The molecule has 9 heteroatoms. The first-order valence-corrected chi connectivity index (χ1v) is 22.5. The summed E-state index contributed by atoms with van der Waals surface area (Å²) in [4.78, 5) is 25.2. The van der Waals surface area contributed by atoms with Gasteiger partial charge in [-0.1, -0.05) is 180 Å². The number of aliphatic hydroxyl groups excluding tert-OH is 1. The number of amides is 1. The van der Waals surface area contributed by atoms with Crippen molar-refractivity contribution >= 4 is 13.7 Å². The van der Waals surface area contributed by atoms with Crippen LogP contribution in [-0.4, -0.2) is 68.5 Å². The molecule has 0 bridgehead atoms. The first kappa shape index (κ1) is 49.2. The average Bonchev–Trinajstić information content (AvgIpc) is 3.06. The van der Waals surface area contributed by atoms with Crippen LogP contribution in [0.25, 0.3) is 0 Å². The Hall–Kier alpha value is -0.760. The van der Waals surface area contributed by atoms with Crippen molar-refractivity contribution in [2.75, 3.05) is 40.9 Å². The van der Waals surface area contributed by atoms with Crippen molar-refractivity contribution in [2.24, 2.45) is 0 Å². The Morgan fingerprint density at radius 3 is 1.50 bits per heavy atom. The minimum atomic E-state index is -4.58. The van der Waals surface area contributed by atoms with Gasteiger partial charge in [-0.05, 0) is 19.3 Å². The van der Waals surface area contributed by atoms with Crippen LogP contribution >= 0.6 is 7.82 Å². The fourth-order valence-electron chi connectivity index (χ4n) is 6.09. The minimum Gasteiger partial charge on any atom is -0.756 e. The predicted molar refractivity (Wildman–Crippen MR) is 210 cm³/mol. The summed E-state index contributed by atoms with van der Waals surface area (Å²) in [6.07, 6.45) is 36.7. The first-order valence-electron chi connectivity index (χ1n) is 21.1. The van der Waals surface area contributed by atoms with Crippen LogP contribution < -0.4 is 10.2 Å². The lowest BCUT2D eigenvalue weighted by Crippen LogP contribution is -2.45. The molecule has 0 aromatic carbocycles. The zero-order chi connectivity index (χ0) is 37.2. The van der Waals surface area contributed by atoms with Crippen molar-refractivity contribution in [1.82, 2.24) is 5.32 Å². The number of likely N-dealkylation sites (N-methyl/N-ethyl adjacent to an activating group) is 1. The lowest BCUT2D eigenvalue weighted by molar-refractivity contribution is -0.870. The third-order valence-corrected chi connectivity index (χ3v) is 10.5. The maximum Gasteiger partial charge on any atom is 0.268 e. The molecule has 2 N–H and O–H groups in total. The maximum absolute atomic E-state index is 12.8. The van der Waals surface area contributed by atoms with Gasteiger partial charge in [0.05, 0.1) is 39.9 Å². The number of phosphoric acid groups is 1. The second-order valence-corrected chi connectivity index (χ2v) is 17.1. The quantitative estimate of drug-likeness (QED) is 0.0283. The molecule has 1 unspecified atom stereocenters. The number of allylic oxidation sites excluding steroid dienone is 1. The van der Waals surface area contributed by atoms with Gasteiger partial charge in [0.15, 0.2) is 0 Å². The number of hydrogen-bond acceptors (Lipinski definition) is 6. The van der Waals surface area contributed by atoms with Crippen LogP contribution in [0, 0.1) is 0 Å². The molecule has 0 spiro atoms.